The molecule has 1 rings (SSSR count). The summed E-state index contributed by atoms with van der Waals surface area (Å²) in [7, 11) is 0. The first-order chi connectivity index (χ1) is 12.8. The largest absolute Gasteiger partial charge is 0.356 e. The van der Waals surface area contributed by atoms with Crippen LogP contribution in [0.5, 0.6) is 0 Å². The Kier molecular flexibility index (Phi) is 14.8. The van der Waals surface area contributed by atoms with E-state index in [0.29, 0.717) is 6.17 Å². The molecule has 0 saturated heterocycles. The molecule has 2 heteroatoms. The standard InChI is InChI=1S/C24H48N2/c1-4-7-10-11-12-13-14-15-16-19-24-25(20-17-8-5-2)22-23-26(24)21-18-9-6-3/h22-24H,4-21H2,1-3H3. The van der Waals surface area contributed by atoms with Crippen molar-refractivity contribution in [2.75, 3.05) is 13.1 Å². The molecule has 0 aromatic carbocycles. The van der Waals surface area contributed by atoms with E-state index < -0.39 is 0 Å². The van der Waals surface area contributed by atoms with Crippen LogP contribution in [-0.4, -0.2) is 29.1 Å². The van der Waals surface area contributed by atoms with E-state index in [1.165, 1.54) is 116 Å². The lowest BCUT2D eigenvalue weighted by molar-refractivity contribution is 0.136. The molecule has 0 radical (unpaired) electrons. The summed E-state index contributed by atoms with van der Waals surface area (Å²) in [6.07, 6.45) is 27.7. The number of nitrogens with zero attached hydrogens (tertiary/aromatic N) is 2. The summed E-state index contributed by atoms with van der Waals surface area (Å²) in [5.41, 5.74) is 0. The predicted octanol–water partition coefficient (Wildman–Crippen LogP) is 7.70. The Morgan fingerprint density at radius 2 is 0.885 bits per heavy atom. The molecule has 0 bridgehead atoms. The molecule has 154 valence electrons. The van der Waals surface area contributed by atoms with Crippen molar-refractivity contribution < 1.29 is 0 Å². The minimum atomic E-state index is 0.647. The molecule has 0 aromatic heterocycles. The Labute approximate surface area is 165 Å². The summed E-state index contributed by atoms with van der Waals surface area (Å²) in [4.78, 5) is 5.26. The van der Waals surface area contributed by atoms with Crippen molar-refractivity contribution in [1.29, 1.82) is 0 Å². The minimum absolute atomic E-state index is 0.647. The van der Waals surface area contributed by atoms with Gasteiger partial charge in [0.15, 0.2) is 0 Å². The molecule has 2 nitrogen and oxygen atoms in total. The highest BCUT2D eigenvalue weighted by atomic mass is 15.4. The van der Waals surface area contributed by atoms with Gasteiger partial charge in [-0.2, -0.15) is 0 Å². The van der Waals surface area contributed by atoms with E-state index in [-0.39, 0.29) is 0 Å². The van der Waals surface area contributed by atoms with E-state index >= 15 is 0 Å². The van der Waals surface area contributed by atoms with Crippen LogP contribution in [0.2, 0.25) is 0 Å². The highest BCUT2D eigenvalue weighted by Crippen LogP contribution is 2.23. The Balaban J connectivity index is 2.22. The monoisotopic (exact) mass is 364 g/mol. The Morgan fingerprint density at radius 1 is 0.500 bits per heavy atom. The summed E-state index contributed by atoms with van der Waals surface area (Å²) >= 11 is 0. The Morgan fingerprint density at radius 3 is 1.35 bits per heavy atom. The second-order valence-corrected chi connectivity index (χ2v) is 8.29. The third-order valence-electron chi connectivity index (χ3n) is 5.82. The first-order valence-corrected chi connectivity index (χ1v) is 12.0. The zero-order valence-corrected chi connectivity index (χ0v) is 18.4. The summed E-state index contributed by atoms with van der Waals surface area (Å²) in [5.74, 6) is 0. The molecule has 0 spiro atoms. The van der Waals surface area contributed by atoms with Gasteiger partial charge in [-0.05, 0) is 25.7 Å². The van der Waals surface area contributed by atoms with Crippen LogP contribution >= 0.6 is 0 Å². The molecule has 0 amide bonds. The second-order valence-electron chi connectivity index (χ2n) is 8.29. The Bertz CT molecular complexity index is 306. The van der Waals surface area contributed by atoms with Crippen molar-refractivity contribution in [3.63, 3.8) is 0 Å². The van der Waals surface area contributed by atoms with Crippen molar-refractivity contribution in [2.45, 2.75) is 130 Å². The van der Waals surface area contributed by atoms with Gasteiger partial charge in [0.2, 0.25) is 0 Å². The lowest BCUT2D eigenvalue weighted by Crippen LogP contribution is -2.39. The topological polar surface area (TPSA) is 6.48 Å². The van der Waals surface area contributed by atoms with E-state index in [1.54, 1.807) is 0 Å². The van der Waals surface area contributed by atoms with E-state index in [4.69, 9.17) is 0 Å². The van der Waals surface area contributed by atoms with Gasteiger partial charge in [0, 0.05) is 25.5 Å². The molecular formula is C24H48N2. The first-order valence-electron chi connectivity index (χ1n) is 12.0. The average molecular weight is 365 g/mol. The van der Waals surface area contributed by atoms with Crippen LogP contribution < -0.4 is 0 Å². The highest BCUT2D eigenvalue weighted by molar-refractivity contribution is 4.96. The van der Waals surface area contributed by atoms with Crippen LogP contribution in [0.25, 0.3) is 0 Å². The van der Waals surface area contributed by atoms with Gasteiger partial charge < -0.3 is 9.80 Å². The third-order valence-corrected chi connectivity index (χ3v) is 5.82. The summed E-state index contributed by atoms with van der Waals surface area (Å²) in [5, 5.41) is 0. The fourth-order valence-electron chi connectivity index (χ4n) is 4.07. The lowest BCUT2D eigenvalue weighted by Gasteiger charge is -2.33. The van der Waals surface area contributed by atoms with Gasteiger partial charge in [0.05, 0.1) is 0 Å². The molecule has 0 unspecified atom stereocenters. The van der Waals surface area contributed by atoms with Crippen molar-refractivity contribution in [1.82, 2.24) is 9.80 Å². The smallest absolute Gasteiger partial charge is 0.101 e. The third kappa shape index (κ3) is 10.5. The van der Waals surface area contributed by atoms with Crippen molar-refractivity contribution in [2.24, 2.45) is 0 Å². The maximum Gasteiger partial charge on any atom is 0.101 e. The molecule has 1 heterocycles. The van der Waals surface area contributed by atoms with Gasteiger partial charge in [-0.3, -0.25) is 0 Å². The fraction of sp³-hybridized carbons (Fsp3) is 0.917. The van der Waals surface area contributed by atoms with Gasteiger partial charge in [0.1, 0.15) is 6.17 Å². The number of rotatable bonds is 18. The number of hydrogen-bond donors (Lipinski definition) is 0. The number of hydrogen-bond acceptors (Lipinski definition) is 2. The zero-order valence-electron chi connectivity index (χ0n) is 18.4. The molecule has 26 heavy (non-hydrogen) atoms. The van der Waals surface area contributed by atoms with Crippen LogP contribution in [0, 0.1) is 0 Å². The minimum Gasteiger partial charge on any atom is -0.356 e. The fourth-order valence-corrected chi connectivity index (χ4v) is 4.07. The van der Waals surface area contributed by atoms with E-state index in [9.17, 15) is 0 Å². The molecule has 0 atom stereocenters. The van der Waals surface area contributed by atoms with Crippen molar-refractivity contribution in [3.8, 4) is 0 Å². The molecule has 0 saturated carbocycles. The first kappa shape index (κ1) is 23.4. The van der Waals surface area contributed by atoms with Crippen LogP contribution in [0.15, 0.2) is 12.4 Å². The van der Waals surface area contributed by atoms with Crippen LogP contribution in [0.4, 0.5) is 0 Å². The van der Waals surface area contributed by atoms with E-state index in [0.717, 1.165) is 0 Å². The van der Waals surface area contributed by atoms with Gasteiger partial charge in [-0.1, -0.05) is 97.8 Å². The highest BCUT2D eigenvalue weighted by Gasteiger charge is 2.24. The van der Waals surface area contributed by atoms with Crippen LogP contribution in [0.1, 0.15) is 124 Å². The maximum absolute atomic E-state index is 2.63. The second kappa shape index (κ2) is 16.5. The lowest BCUT2D eigenvalue weighted by atomic mass is 10.1. The van der Waals surface area contributed by atoms with E-state index in [1.807, 2.05) is 0 Å². The normalized spacial score (nSPS) is 14.7. The van der Waals surface area contributed by atoms with Crippen molar-refractivity contribution >= 4 is 0 Å². The maximum atomic E-state index is 2.63. The van der Waals surface area contributed by atoms with Crippen LogP contribution in [-0.2, 0) is 0 Å². The predicted molar refractivity (Wildman–Crippen MR) is 117 cm³/mol. The van der Waals surface area contributed by atoms with Gasteiger partial charge in [-0.25, -0.2) is 0 Å². The SMILES string of the molecule is CCCCCCCCCCCC1N(CCCCC)C=CN1CCCCC. The zero-order chi connectivity index (χ0) is 18.9. The molecule has 0 fully saturated rings. The van der Waals surface area contributed by atoms with Gasteiger partial charge in [-0.15, -0.1) is 0 Å². The molecule has 1 aliphatic heterocycles. The van der Waals surface area contributed by atoms with Crippen molar-refractivity contribution in [3.05, 3.63) is 12.4 Å². The summed E-state index contributed by atoms with van der Waals surface area (Å²) in [6.45, 7) is 9.40. The summed E-state index contributed by atoms with van der Waals surface area (Å²) in [6, 6.07) is 0. The average Bonchev–Trinajstić information content (AvgIpc) is 3.03. The molecule has 0 aliphatic carbocycles. The molecule has 0 N–H and O–H groups in total. The van der Waals surface area contributed by atoms with E-state index in [2.05, 4.69) is 43.0 Å². The quantitative estimate of drug-likeness (QED) is 0.230. The summed E-state index contributed by atoms with van der Waals surface area (Å²) < 4.78 is 0. The Hall–Kier alpha value is -0.660. The van der Waals surface area contributed by atoms with Gasteiger partial charge in [0.25, 0.3) is 0 Å². The van der Waals surface area contributed by atoms with Gasteiger partial charge >= 0.3 is 0 Å². The molecule has 1 aliphatic rings. The van der Waals surface area contributed by atoms with Crippen LogP contribution in [0.3, 0.4) is 0 Å². The number of unbranched alkanes of at least 4 members (excludes halogenated alkanes) is 12. The molecule has 0 aromatic rings. The molecular weight excluding hydrogens is 316 g/mol.